The molecule has 0 spiro atoms. The molecule has 0 saturated carbocycles. The molecule has 7 heteroatoms. The maximum Gasteiger partial charge on any atom is 0.315 e. The van der Waals surface area contributed by atoms with Crippen molar-refractivity contribution in [3.63, 3.8) is 0 Å². The van der Waals surface area contributed by atoms with Crippen LogP contribution in [-0.4, -0.2) is 49.4 Å². The zero-order chi connectivity index (χ0) is 16.8. The van der Waals surface area contributed by atoms with E-state index in [-0.39, 0.29) is 37.0 Å². The Morgan fingerprint density at radius 1 is 1.43 bits per heavy atom. The molecule has 0 aliphatic carbocycles. The Kier molecular flexibility index (Phi) is 5.81. The maximum atomic E-state index is 12.1. The van der Waals surface area contributed by atoms with Crippen LogP contribution in [0.15, 0.2) is 24.3 Å². The highest BCUT2D eigenvalue weighted by Crippen LogP contribution is 2.24. The third-order valence-corrected chi connectivity index (χ3v) is 3.89. The number of hydrogen-bond donors (Lipinski definition) is 3. The number of methoxy groups -OCH3 is 1. The van der Waals surface area contributed by atoms with Crippen molar-refractivity contribution < 1.29 is 19.4 Å². The fourth-order valence-electron chi connectivity index (χ4n) is 2.51. The molecule has 2 rings (SSSR count). The van der Waals surface area contributed by atoms with E-state index in [0.29, 0.717) is 13.0 Å². The minimum absolute atomic E-state index is 0.0327. The number of aliphatic hydroxyl groups excluding tert-OH is 1. The van der Waals surface area contributed by atoms with Gasteiger partial charge in [-0.3, -0.25) is 4.79 Å². The second-order valence-corrected chi connectivity index (χ2v) is 5.51. The molecule has 126 valence electrons. The molecule has 7 nitrogen and oxygen atoms in total. The summed E-state index contributed by atoms with van der Waals surface area (Å²) >= 11 is 0. The van der Waals surface area contributed by atoms with Crippen LogP contribution in [0.25, 0.3) is 0 Å². The molecule has 23 heavy (non-hydrogen) atoms. The Morgan fingerprint density at radius 2 is 2.13 bits per heavy atom. The second kappa shape index (κ2) is 7.82. The number of ether oxygens (including phenoxy) is 1. The van der Waals surface area contributed by atoms with Crippen molar-refractivity contribution in [2.75, 3.05) is 25.2 Å². The monoisotopic (exact) mass is 321 g/mol. The van der Waals surface area contributed by atoms with Crippen LogP contribution in [0.4, 0.5) is 10.5 Å². The molecule has 1 fully saturated rings. The van der Waals surface area contributed by atoms with Gasteiger partial charge in [-0.15, -0.1) is 0 Å². The fourth-order valence-corrected chi connectivity index (χ4v) is 2.51. The molecule has 0 unspecified atom stereocenters. The van der Waals surface area contributed by atoms with E-state index in [9.17, 15) is 9.59 Å². The van der Waals surface area contributed by atoms with Gasteiger partial charge in [-0.2, -0.15) is 0 Å². The van der Waals surface area contributed by atoms with E-state index < -0.39 is 0 Å². The zero-order valence-corrected chi connectivity index (χ0v) is 13.4. The van der Waals surface area contributed by atoms with Crippen LogP contribution in [-0.2, 0) is 4.79 Å². The number of nitrogens with zero attached hydrogens (tertiary/aromatic N) is 1. The summed E-state index contributed by atoms with van der Waals surface area (Å²) in [6, 6.07) is 6.34. The topological polar surface area (TPSA) is 90.9 Å². The number of amides is 3. The summed E-state index contributed by atoms with van der Waals surface area (Å²) in [4.78, 5) is 25.7. The lowest BCUT2D eigenvalue weighted by Gasteiger charge is -2.19. The summed E-state index contributed by atoms with van der Waals surface area (Å²) in [6.45, 7) is 2.20. The summed E-state index contributed by atoms with van der Waals surface area (Å²) in [5.41, 5.74) is 0.780. The van der Waals surface area contributed by atoms with Gasteiger partial charge >= 0.3 is 6.03 Å². The molecule has 3 amide bonds. The lowest BCUT2D eigenvalue weighted by Crippen LogP contribution is -2.48. The summed E-state index contributed by atoms with van der Waals surface area (Å²) in [6.07, 6.45) is 0.904. The molecule has 1 aromatic rings. The molecule has 2 atom stereocenters. The first-order valence-corrected chi connectivity index (χ1v) is 7.69. The summed E-state index contributed by atoms with van der Waals surface area (Å²) in [5.74, 6) is 0.693. The van der Waals surface area contributed by atoms with Crippen molar-refractivity contribution >= 4 is 17.6 Å². The molecule has 1 aliphatic heterocycles. The first kappa shape index (κ1) is 17.1. The SMILES string of the molecule is CC[C@H](CO)NC(=O)N[C@@H]1CC(=O)N(c2ccc(OC)cc2)C1. The Balaban J connectivity index is 1.92. The van der Waals surface area contributed by atoms with Gasteiger partial charge in [0, 0.05) is 18.7 Å². The van der Waals surface area contributed by atoms with Crippen molar-refractivity contribution in [3.05, 3.63) is 24.3 Å². The van der Waals surface area contributed by atoms with Gasteiger partial charge in [0.25, 0.3) is 0 Å². The summed E-state index contributed by atoms with van der Waals surface area (Å²) in [5, 5.41) is 14.6. The molecule has 0 aromatic heterocycles. The molecular formula is C16H23N3O4. The van der Waals surface area contributed by atoms with Crippen LogP contribution in [0.3, 0.4) is 0 Å². The molecule has 3 N–H and O–H groups in total. The lowest BCUT2D eigenvalue weighted by molar-refractivity contribution is -0.117. The van der Waals surface area contributed by atoms with E-state index in [1.165, 1.54) is 0 Å². The van der Waals surface area contributed by atoms with E-state index in [0.717, 1.165) is 11.4 Å². The zero-order valence-electron chi connectivity index (χ0n) is 13.4. The first-order chi connectivity index (χ1) is 11.1. The summed E-state index contributed by atoms with van der Waals surface area (Å²) < 4.78 is 5.10. The molecule has 0 bridgehead atoms. The third kappa shape index (κ3) is 4.35. The third-order valence-electron chi connectivity index (χ3n) is 3.89. The van der Waals surface area contributed by atoms with Crippen LogP contribution in [0, 0.1) is 0 Å². The first-order valence-electron chi connectivity index (χ1n) is 7.69. The molecule has 1 aromatic carbocycles. The van der Waals surface area contributed by atoms with Crippen LogP contribution in [0.5, 0.6) is 5.75 Å². The number of anilines is 1. The standard InChI is InChI=1S/C16H23N3O4/c1-3-11(10-20)17-16(22)18-12-8-15(21)19(9-12)13-4-6-14(23-2)7-5-13/h4-7,11-12,20H,3,8-10H2,1-2H3,(H2,17,18,22)/t11-,12-/m1/s1. The quantitative estimate of drug-likeness (QED) is 0.725. The van der Waals surface area contributed by atoms with E-state index in [1.54, 1.807) is 24.1 Å². The van der Waals surface area contributed by atoms with Crippen molar-refractivity contribution in [1.82, 2.24) is 10.6 Å². The predicted octanol–water partition coefficient (Wildman–Crippen LogP) is 0.871. The van der Waals surface area contributed by atoms with Gasteiger partial charge in [0.15, 0.2) is 0 Å². The van der Waals surface area contributed by atoms with Gasteiger partial charge < -0.3 is 25.4 Å². The van der Waals surface area contributed by atoms with Gasteiger partial charge in [-0.1, -0.05) is 6.92 Å². The van der Waals surface area contributed by atoms with Gasteiger partial charge in [-0.05, 0) is 30.7 Å². The highest BCUT2D eigenvalue weighted by molar-refractivity contribution is 5.96. The van der Waals surface area contributed by atoms with Crippen LogP contribution in [0.1, 0.15) is 19.8 Å². The minimum atomic E-state index is -0.361. The van der Waals surface area contributed by atoms with Gasteiger partial charge in [0.1, 0.15) is 5.75 Å². The number of aliphatic hydroxyl groups is 1. The number of benzene rings is 1. The molecule has 1 aliphatic rings. The largest absolute Gasteiger partial charge is 0.497 e. The number of nitrogens with one attached hydrogen (secondary N) is 2. The van der Waals surface area contributed by atoms with Gasteiger partial charge in [0.05, 0.1) is 25.8 Å². The predicted molar refractivity (Wildman–Crippen MR) is 86.6 cm³/mol. The Morgan fingerprint density at radius 3 is 2.70 bits per heavy atom. The van der Waals surface area contributed by atoms with E-state index in [1.807, 2.05) is 19.1 Å². The van der Waals surface area contributed by atoms with E-state index >= 15 is 0 Å². The van der Waals surface area contributed by atoms with Crippen molar-refractivity contribution in [2.24, 2.45) is 0 Å². The van der Waals surface area contributed by atoms with Crippen LogP contribution < -0.4 is 20.3 Å². The van der Waals surface area contributed by atoms with E-state index in [4.69, 9.17) is 9.84 Å². The van der Waals surface area contributed by atoms with E-state index in [2.05, 4.69) is 10.6 Å². The number of rotatable bonds is 6. The van der Waals surface area contributed by atoms with Crippen molar-refractivity contribution in [2.45, 2.75) is 31.8 Å². The molecule has 0 radical (unpaired) electrons. The lowest BCUT2D eigenvalue weighted by atomic mass is 10.2. The highest BCUT2D eigenvalue weighted by Gasteiger charge is 2.31. The number of hydrogen-bond acceptors (Lipinski definition) is 4. The number of urea groups is 1. The molecular weight excluding hydrogens is 298 g/mol. The average Bonchev–Trinajstić information content (AvgIpc) is 2.92. The molecule has 1 saturated heterocycles. The second-order valence-electron chi connectivity index (χ2n) is 5.51. The average molecular weight is 321 g/mol. The maximum absolute atomic E-state index is 12.1. The van der Waals surface area contributed by atoms with Crippen LogP contribution >= 0.6 is 0 Å². The van der Waals surface area contributed by atoms with Crippen LogP contribution in [0.2, 0.25) is 0 Å². The Hall–Kier alpha value is -2.28. The minimum Gasteiger partial charge on any atom is -0.497 e. The van der Waals surface area contributed by atoms with Gasteiger partial charge in [0.2, 0.25) is 5.91 Å². The van der Waals surface area contributed by atoms with Crippen molar-refractivity contribution in [1.29, 1.82) is 0 Å². The summed E-state index contributed by atoms with van der Waals surface area (Å²) in [7, 11) is 1.59. The molecule has 1 heterocycles. The Bertz CT molecular complexity index is 543. The fraction of sp³-hybridized carbons (Fsp3) is 0.500. The smallest absolute Gasteiger partial charge is 0.315 e. The Labute approximate surface area is 135 Å². The van der Waals surface area contributed by atoms with Crippen molar-refractivity contribution in [3.8, 4) is 5.75 Å². The van der Waals surface area contributed by atoms with Gasteiger partial charge in [-0.25, -0.2) is 4.79 Å². The number of carbonyl (C=O) groups is 2. The normalized spacial score (nSPS) is 18.7. The number of carbonyl (C=O) groups excluding carboxylic acids is 2. The highest BCUT2D eigenvalue weighted by atomic mass is 16.5.